The molecule has 0 aliphatic carbocycles. The Morgan fingerprint density at radius 1 is 1.00 bits per heavy atom. The van der Waals surface area contributed by atoms with Crippen LogP contribution in [-0.4, -0.2) is 58.5 Å². The number of nitrogens with one attached hydrogen (secondary N) is 1. The summed E-state index contributed by atoms with van der Waals surface area (Å²) in [5.41, 5.74) is 2.33. The van der Waals surface area contributed by atoms with E-state index in [1.165, 1.54) is 7.11 Å². The number of carbonyl (C=O) groups is 3. The third-order valence-electron chi connectivity index (χ3n) is 6.22. The van der Waals surface area contributed by atoms with Crippen molar-refractivity contribution in [2.75, 3.05) is 25.5 Å². The fourth-order valence-corrected chi connectivity index (χ4v) is 4.51. The van der Waals surface area contributed by atoms with Gasteiger partial charge in [-0.05, 0) is 82.1 Å². The highest BCUT2D eigenvalue weighted by Gasteiger charge is 2.32. The molecule has 2 heterocycles. The number of ether oxygens (including phenoxy) is 2. The molecule has 1 saturated heterocycles. The van der Waals surface area contributed by atoms with Gasteiger partial charge in [-0.1, -0.05) is 11.6 Å². The van der Waals surface area contributed by atoms with Crippen molar-refractivity contribution in [1.29, 1.82) is 0 Å². The number of nitrogens with zero attached hydrogens (tertiary/aromatic N) is 3. The molecule has 1 N–H and O–H groups in total. The van der Waals surface area contributed by atoms with Crippen molar-refractivity contribution in [1.82, 2.24) is 14.7 Å². The molecule has 0 atom stereocenters. The summed E-state index contributed by atoms with van der Waals surface area (Å²) < 4.78 is 12.0. The smallest absolute Gasteiger partial charge is 0.410 e. The Labute approximate surface area is 226 Å². The second-order valence-corrected chi connectivity index (χ2v) is 10.5. The lowest BCUT2D eigenvalue weighted by molar-refractivity contribution is 0.0203. The van der Waals surface area contributed by atoms with Gasteiger partial charge >= 0.3 is 12.1 Å². The standard InChI is InChI=1S/C28H31ClN4O5/c1-28(2,3)38-27(36)32-15-13-18(14-16-32)24-23(17-30-33(24)22-11-7-20(29)8-12-22)25(34)31-21-9-5-19(6-10-21)26(35)37-4/h5-12,17-18H,13-16H2,1-4H3,(H,31,34). The number of aromatic nitrogens is 2. The van der Waals surface area contributed by atoms with Crippen LogP contribution in [0.25, 0.3) is 5.69 Å². The van der Waals surface area contributed by atoms with Gasteiger partial charge in [0.2, 0.25) is 0 Å². The van der Waals surface area contributed by atoms with E-state index in [0.717, 1.165) is 11.4 Å². The van der Waals surface area contributed by atoms with Gasteiger partial charge in [0.05, 0.1) is 35.8 Å². The van der Waals surface area contributed by atoms with Crippen LogP contribution in [-0.2, 0) is 9.47 Å². The molecule has 4 rings (SSSR count). The lowest BCUT2D eigenvalue weighted by atomic mass is 9.90. The first kappa shape index (κ1) is 27.2. The monoisotopic (exact) mass is 538 g/mol. The Morgan fingerprint density at radius 3 is 2.21 bits per heavy atom. The summed E-state index contributed by atoms with van der Waals surface area (Å²) in [7, 11) is 1.32. The van der Waals surface area contributed by atoms with Crippen molar-refractivity contribution in [2.45, 2.75) is 45.1 Å². The SMILES string of the molecule is COC(=O)c1ccc(NC(=O)c2cnn(-c3ccc(Cl)cc3)c2C2CCN(C(=O)OC(C)(C)C)CC2)cc1. The minimum absolute atomic E-state index is 0.0192. The topological polar surface area (TPSA) is 103 Å². The number of carbonyl (C=O) groups excluding carboxylic acids is 3. The van der Waals surface area contributed by atoms with Crippen molar-refractivity contribution >= 4 is 35.3 Å². The molecular weight excluding hydrogens is 508 g/mol. The number of benzene rings is 2. The normalized spacial score (nSPS) is 14.2. The molecule has 1 aliphatic heterocycles. The first-order valence-electron chi connectivity index (χ1n) is 12.4. The van der Waals surface area contributed by atoms with E-state index in [2.05, 4.69) is 10.4 Å². The Bertz CT molecular complexity index is 1300. The predicted octanol–water partition coefficient (Wildman–Crippen LogP) is 5.68. The van der Waals surface area contributed by atoms with Gasteiger partial charge in [-0.3, -0.25) is 4.79 Å². The van der Waals surface area contributed by atoms with Crippen LogP contribution in [0.1, 0.15) is 65.9 Å². The van der Waals surface area contributed by atoms with Gasteiger partial charge in [0, 0.05) is 29.7 Å². The summed E-state index contributed by atoms with van der Waals surface area (Å²) in [6.45, 7) is 6.53. The molecule has 1 fully saturated rings. The van der Waals surface area contributed by atoms with Crippen LogP contribution in [0.4, 0.5) is 10.5 Å². The molecule has 38 heavy (non-hydrogen) atoms. The van der Waals surface area contributed by atoms with E-state index in [0.29, 0.717) is 47.8 Å². The Morgan fingerprint density at radius 2 is 1.63 bits per heavy atom. The van der Waals surface area contributed by atoms with Crippen LogP contribution in [0.5, 0.6) is 0 Å². The van der Waals surface area contributed by atoms with E-state index in [-0.39, 0.29) is 17.9 Å². The first-order valence-corrected chi connectivity index (χ1v) is 12.7. The van der Waals surface area contributed by atoms with Crippen LogP contribution < -0.4 is 5.32 Å². The minimum Gasteiger partial charge on any atom is -0.465 e. The number of piperidine rings is 1. The molecule has 1 aliphatic rings. The molecule has 3 aromatic rings. The van der Waals surface area contributed by atoms with Crippen LogP contribution in [0.2, 0.25) is 5.02 Å². The van der Waals surface area contributed by atoms with Gasteiger partial charge in [-0.25, -0.2) is 14.3 Å². The zero-order chi connectivity index (χ0) is 27.4. The predicted molar refractivity (Wildman–Crippen MR) is 144 cm³/mol. The third kappa shape index (κ3) is 6.34. The summed E-state index contributed by atoms with van der Waals surface area (Å²) in [6.07, 6.45) is 2.51. The number of esters is 1. The molecule has 200 valence electrons. The van der Waals surface area contributed by atoms with E-state index in [1.54, 1.807) is 52.2 Å². The number of halogens is 1. The molecule has 0 unspecified atom stereocenters. The maximum absolute atomic E-state index is 13.4. The largest absolute Gasteiger partial charge is 0.465 e. The van der Waals surface area contributed by atoms with E-state index < -0.39 is 11.6 Å². The number of anilines is 1. The number of rotatable bonds is 5. The highest BCUT2D eigenvalue weighted by molar-refractivity contribution is 6.30. The zero-order valence-electron chi connectivity index (χ0n) is 21.9. The van der Waals surface area contributed by atoms with Gasteiger partial charge in [-0.15, -0.1) is 0 Å². The molecule has 9 nitrogen and oxygen atoms in total. The summed E-state index contributed by atoms with van der Waals surface area (Å²) >= 11 is 6.09. The van der Waals surface area contributed by atoms with Gasteiger partial charge in [0.15, 0.2) is 0 Å². The summed E-state index contributed by atoms with van der Waals surface area (Å²) in [5, 5.41) is 8.05. The second kappa shape index (κ2) is 11.3. The summed E-state index contributed by atoms with van der Waals surface area (Å²) in [6, 6.07) is 13.7. The molecule has 10 heteroatoms. The molecule has 1 aromatic heterocycles. The van der Waals surface area contributed by atoms with Crippen LogP contribution in [0.3, 0.4) is 0 Å². The van der Waals surface area contributed by atoms with Crippen LogP contribution in [0.15, 0.2) is 54.7 Å². The van der Waals surface area contributed by atoms with E-state index >= 15 is 0 Å². The summed E-state index contributed by atoms with van der Waals surface area (Å²) in [4.78, 5) is 39.4. The number of amides is 2. The Balaban J connectivity index is 1.59. The molecule has 0 spiro atoms. The second-order valence-electron chi connectivity index (χ2n) is 10.1. The summed E-state index contributed by atoms with van der Waals surface area (Å²) in [5.74, 6) is -0.790. The maximum atomic E-state index is 13.4. The van der Waals surface area contributed by atoms with Gasteiger partial charge in [-0.2, -0.15) is 5.10 Å². The fourth-order valence-electron chi connectivity index (χ4n) is 4.38. The van der Waals surface area contributed by atoms with Gasteiger partial charge < -0.3 is 19.7 Å². The molecule has 2 aromatic carbocycles. The molecule has 0 bridgehead atoms. The van der Waals surface area contributed by atoms with Gasteiger partial charge in [0.25, 0.3) is 5.91 Å². The quantitative estimate of drug-likeness (QED) is 0.419. The molecule has 0 radical (unpaired) electrons. The average Bonchev–Trinajstić information content (AvgIpc) is 3.33. The molecular formula is C28H31ClN4O5. The number of hydrogen-bond donors (Lipinski definition) is 1. The number of hydrogen-bond acceptors (Lipinski definition) is 6. The van der Waals surface area contributed by atoms with Crippen molar-refractivity contribution in [3.05, 3.63) is 76.6 Å². The van der Waals surface area contributed by atoms with Crippen molar-refractivity contribution in [3.8, 4) is 5.69 Å². The first-order chi connectivity index (χ1) is 18.1. The molecule has 2 amide bonds. The van der Waals surface area contributed by atoms with Crippen molar-refractivity contribution < 1.29 is 23.9 Å². The van der Waals surface area contributed by atoms with Gasteiger partial charge in [0.1, 0.15) is 5.60 Å². The fraction of sp³-hybridized carbons (Fsp3) is 0.357. The van der Waals surface area contributed by atoms with Crippen LogP contribution in [0, 0.1) is 0 Å². The number of likely N-dealkylation sites (tertiary alicyclic amines) is 1. The third-order valence-corrected chi connectivity index (χ3v) is 6.47. The highest BCUT2D eigenvalue weighted by atomic mass is 35.5. The van der Waals surface area contributed by atoms with Crippen molar-refractivity contribution in [3.63, 3.8) is 0 Å². The Kier molecular flexibility index (Phi) is 8.06. The zero-order valence-corrected chi connectivity index (χ0v) is 22.6. The lowest BCUT2D eigenvalue weighted by Gasteiger charge is -2.34. The molecule has 0 saturated carbocycles. The van der Waals surface area contributed by atoms with E-state index in [9.17, 15) is 14.4 Å². The highest BCUT2D eigenvalue weighted by Crippen LogP contribution is 2.33. The minimum atomic E-state index is -0.568. The maximum Gasteiger partial charge on any atom is 0.410 e. The lowest BCUT2D eigenvalue weighted by Crippen LogP contribution is -2.41. The number of methoxy groups -OCH3 is 1. The van der Waals surface area contributed by atoms with Crippen LogP contribution >= 0.6 is 11.6 Å². The Hall–Kier alpha value is -3.85. The van der Waals surface area contributed by atoms with E-state index in [1.807, 2.05) is 32.9 Å². The average molecular weight is 539 g/mol. The van der Waals surface area contributed by atoms with Crippen molar-refractivity contribution in [2.24, 2.45) is 0 Å². The van der Waals surface area contributed by atoms with E-state index in [4.69, 9.17) is 21.1 Å².